The van der Waals surface area contributed by atoms with Crippen molar-refractivity contribution < 1.29 is 14.6 Å². The van der Waals surface area contributed by atoms with Gasteiger partial charge in [0.15, 0.2) is 11.6 Å². The number of nitrogens with zero attached hydrogens (tertiary/aromatic N) is 2. The second-order valence-corrected chi connectivity index (χ2v) is 6.83. The van der Waals surface area contributed by atoms with Gasteiger partial charge in [-0.2, -0.15) is 0 Å². The summed E-state index contributed by atoms with van der Waals surface area (Å²) >= 11 is 0. The second-order valence-electron chi connectivity index (χ2n) is 6.83. The molecule has 1 aromatic carbocycles. The van der Waals surface area contributed by atoms with Crippen LogP contribution in [0.4, 0.5) is 0 Å². The van der Waals surface area contributed by atoms with Gasteiger partial charge in [0.05, 0.1) is 25.4 Å². The van der Waals surface area contributed by atoms with Gasteiger partial charge in [-0.1, -0.05) is 76.1 Å². The van der Waals surface area contributed by atoms with E-state index in [9.17, 15) is 4.79 Å². The summed E-state index contributed by atoms with van der Waals surface area (Å²) in [6.07, 6.45) is 13.6. The van der Waals surface area contributed by atoms with E-state index in [4.69, 9.17) is 9.84 Å². The first-order chi connectivity index (χ1) is 13.2. The molecule has 27 heavy (non-hydrogen) atoms. The molecule has 0 saturated carbocycles. The highest BCUT2D eigenvalue weighted by atomic mass is 16.5. The largest absolute Gasteiger partial charge is 0.490 e. The minimum atomic E-state index is -0.836. The predicted molar refractivity (Wildman–Crippen MR) is 107 cm³/mol. The van der Waals surface area contributed by atoms with Gasteiger partial charge in [-0.15, -0.1) is 0 Å². The molecule has 1 aromatic heterocycles. The van der Waals surface area contributed by atoms with E-state index in [1.54, 1.807) is 24.5 Å². The number of aliphatic carboxylic acids is 1. The number of unbranched alkanes of at least 4 members (excludes halogenated alkanes) is 7. The van der Waals surface area contributed by atoms with Gasteiger partial charge >= 0.3 is 5.97 Å². The van der Waals surface area contributed by atoms with Crippen molar-refractivity contribution in [3.63, 3.8) is 0 Å². The fraction of sp³-hybridized carbons (Fsp3) is 0.500. The minimum absolute atomic E-state index is 0.0205. The van der Waals surface area contributed by atoms with Crippen LogP contribution >= 0.6 is 0 Å². The van der Waals surface area contributed by atoms with Crippen molar-refractivity contribution in [1.29, 1.82) is 0 Å². The summed E-state index contributed by atoms with van der Waals surface area (Å²) < 4.78 is 5.71. The van der Waals surface area contributed by atoms with E-state index in [0.29, 0.717) is 18.2 Å². The summed E-state index contributed by atoms with van der Waals surface area (Å²) in [5.41, 5.74) is 1.62. The number of benzene rings is 1. The highest BCUT2D eigenvalue weighted by molar-refractivity contribution is 5.70. The number of carboxylic acid groups (broad SMARTS) is 1. The third-order valence-electron chi connectivity index (χ3n) is 4.46. The lowest BCUT2D eigenvalue weighted by Crippen LogP contribution is -2.00. The summed E-state index contributed by atoms with van der Waals surface area (Å²) in [5, 5.41) is 8.81. The Hall–Kier alpha value is -2.43. The third kappa shape index (κ3) is 8.20. The maximum absolute atomic E-state index is 10.7. The average molecular weight is 370 g/mol. The lowest BCUT2D eigenvalue weighted by molar-refractivity contribution is -0.136. The lowest BCUT2D eigenvalue weighted by Gasteiger charge is -2.07. The number of hydrogen-bond acceptors (Lipinski definition) is 4. The number of hydrogen-bond donors (Lipinski definition) is 1. The Morgan fingerprint density at radius 2 is 1.52 bits per heavy atom. The Morgan fingerprint density at radius 3 is 2.11 bits per heavy atom. The zero-order valence-corrected chi connectivity index (χ0v) is 16.2. The van der Waals surface area contributed by atoms with E-state index in [1.807, 2.05) is 12.1 Å². The first-order valence-corrected chi connectivity index (χ1v) is 9.95. The Bertz CT molecular complexity index is 669. The average Bonchev–Trinajstić information content (AvgIpc) is 2.67. The van der Waals surface area contributed by atoms with E-state index >= 15 is 0 Å². The van der Waals surface area contributed by atoms with Crippen molar-refractivity contribution in [2.24, 2.45) is 0 Å². The molecule has 1 heterocycles. The monoisotopic (exact) mass is 370 g/mol. The molecule has 1 N–H and O–H groups in total. The molecule has 0 aliphatic rings. The van der Waals surface area contributed by atoms with Gasteiger partial charge in [-0.25, -0.2) is 9.97 Å². The van der Waals surface area contributed by atoms with E-state index in [1.165, 1.54) is 44.9 Å². The molecule has 0 bridgehead atoms. The molecule has 0 fully saturated rings. The Morgan fingerprint density at radius 1 is 0.926 bits per heavy atom. The summed E-state index contributed by atoms with van der Waals surface area (Å²) in [7, 11) is 0. The Kier molecular flexibility index (Phi) is 9.31. The van der Waals surface area contributed by atoms with Gasteiger partial charge in [0.1, 0.15) is 0 Å². The summed E-state index contributed by atoms with van der Waals surface area (Å²) in [6.45, 7) is 2.94. The van der Waals surface area contributed by atoms with Gasteiger partial charge in [-0.05, 0) is 12.0 Å². The zero-order valence-electron chi connectivity index (χ0n) is 16.2. The number of carbonyl (C=O) groups is 1. The van der Waals surface area contributed by atoms with Crippen LogP contribution in [0.1, 0.15) is 63.9 Å². The van der Waals surface area contributed by atoms with E-state index in [0.717, 1.165) is 17.5 Å². The number of carboxylic acids is 1. The summed E-state index contributed by atoms with van der Waals surface area (Å²) in [5.74, 6) is 0.456. The van der Waals surface area contributed by atoms with Crippen LogP contribution in [0, 0.1) is 0 Å². The fourth-order valence-electron chi connectivity index (χ4n) is 2.91. The maximum atomic E-state index is 10.7. The van der Waals surface area contributed by atoms with Gasteiger partial charge in [0, 0.05) is 5.56 Å². The maximum Gasteiger partial charge on any atom is 0.307 e. The summed E-state index contributed by atoms with van der Waals surface area (Å²) in [6, 6.07) is 7.27. The molecule has 2 rings (SSSR count). The topological polar surface area (TPSA) is 72.3 Å². The molecule has 146 valence electrons. The molecule has 5 nitrogen and oxygen atoms in total. The molecular weight excluding hydrogens is 340 g/mol. The van der Waals surface area contributed by atoms with Crippen LogP contribution in [0.3, 0.4) is 0 Å². The quantitative estimate of drug-likeness (QED) is 0.485. The van der Waals surface area contributed by atoms with Crippen LogP contribution in [0.25, 0.3) is 11.4 Å². The molecule has 2 aromatic rings. The van der Waals surface area contributed by atoms with Gasteiger partial charge < -0.3 is 9.84 Å². The minimum Gasteiger partial charge on any atom is -0.490 e. The second kappa shape index (κ2) is 12.0. The highest BCUT2D eigenvalue weighted by Gasteiger charge is 2.04. The smallest absolute Gasteiger partial charge is 0.307 e. The standard InChI is InChI=1S/C22H30N2O3/c1-2-3-4-5-6-7-8-9-14-27-20-16-23-22(24-17-20)19-12-10-18(11-13-19)15-21(25)26/h10-13,16-17H,2-9,14-15H2,1H3,(H,25,26). The molecule has 0 spiro atoms. The van der Waals surface area contributed by atoms with Crippen LogP contribution in [0.5, 0.6) is 5.75 Å². The zero-order chi connectivity index (χ0) is 19.3. The third-order valence-corrected chi connectivity index (χ3v) is 4.46. The SMILES string of the molecule is CCCCCCCCCCOc1cnc(-c2ccc(CC(=O)O)cc2)nc1. The van der Waals surface area contributed by atoms with Crippen molar-refractivity contribution >= 4 is 5.97 Å². The molecular formula is C22H30N2O3. The molecule has 0 amide bonds. The van der Waals surface area contributed by atoms with Crippen LogP contribution in [0.15, 0.2) is 36.7 Å². The predicted octanol–water partition coefficient (Wildman–Crippen LogP) is 5.29. The molecule has 0 unspecified atom stereocenters. The molecule has 0 saturated heterocycles. The van der Waals surface area contributed by atoms with Crippen LogP contribution < -0.4 is 4.74 Å². The number of rotatable bonds is 13. The van der Waals surface area contributed by atoms with E-state index < -0.39 is 5.97 Å². The van der Waals surface area contributed by atoms with Crippen LogP contribution in [-0.2, 0) is 11.2 Å². The highest BCUT2D eigenvalue weighted by Crippen LogP contribution is 2.18. The number of ether oxygens (including phenoxy) is 1. The van der Waals surface area contributed by atoms with Crippen molar-refractivity contribution in [3.05, 3.63) is 42.2 Å². The van der Waals surface area contributed by atoms with E-state index in [-0.39, 0.29) is 6.42 Å². The van der Waals surface area contributed by atoms with Crippen LogP contribution in [0.2, 0.25) is 0 Å². The first kappa shape index (κ1) is 20.9. The Balaban J connectivity index is 1.68. The van der Waals surface area contributed by atoms with Crippen molar-refractivity contribution in [1.82, 2.24) is 9.97 Å². The van der Waals surface area contributed by atoms with E-state index in [2.05, 4.69) is 16.9 Å². The van der Waals surface area contributed by atoms with Crippen molar-refractivity contribution in [2.45, 2.75) is 64.7 Å². The molecule has 5 heteroatoms. The molecule has 0 radical (unpaired) electrons. The van der Waals surface area contributed by atoms with Crippen molar-refractivity contribution in [3.8, 4) is 17.1 Å². The molecule has 0 aliphatic heterocycles. The van der Waals surface area contributed by atoms with Gasteiger partial charge in [-0.3, -0.25) is 4.79 Å². The van der Waals surface area contributed by atoms with Gasteiger partial charge in [0.2, 0.25) is 0 Å². The molecule has 0 aliphatic carbocycles. The van der Waals surface area contributed by atoms with Crippen molar-refractivity contribution in [2.75, 3.05) is 6.61 Å². The number of aromatic nitrogens is 2. The fourth-order valence-corrected chi connectivity index (χ4v) is 2.91. The first-order valence-electron chi connectivity index (χ1n) is 9.95. The normalized spacial score (nSPS) is 10.7. The molecule has 0 atom stereocenters. The Labute approximate surface area is 161 Å². The lowest BCUT2D eigenvalue weighted by atomic mass is 10.1. The van der Waals surface area contributed by atoms with Crippen LogP contribution in [-0.4, -0.2) is 27.7 Å². The van der Waals surface area contributed by atoms with Gasteiger partial charge in [0.25, 0.3) is 0 Å². The summed E-state index contributed by atoms with van der Waals surface area (Å²) in [4.78, 5) is 19.4.